The van der Waals surface area contributed by atoms with Crippen LogP contribution in [0.1, 0.15) is 109 Å². The van der Waals surface area contributed by atoms with Crippen molar-refractivity contribution in [2.45, 2.75) is 90.3 Å². The molecule has 1 fully saturated rings. The zero-order valence-electron chi connectivity index (χ0n) is 27.6. The number of anilines is 1. The lowest BCUT2D eigenvalue weighted by molar-refractivity contribution is -0.138. The first-order valence-corrected chi connectivity index (χ1v) is 16.2. The fraction of sp³-hybridized carbons (Fsp3) is 0.457. The van der Waals surface area contributed by atoms with Crippen LogP contribution in [0, 0.1) is 5.92 Å². The third-order valence-electron chi connectivity index (χ3n) is 9.68. The largest absolute Gasteiger partial charge is 0.444 e. The minimum Gasteiger partial charge on any atom is -0.444 e. The highest BCUT2D eigenvalue weighted by Gasteiger charge is 2.42. The average molecular weight is 662 g/mol. The quantitative estimate of drug-likeness (QED) is 0.221. The van der Waals surface area contributed by atoms with Crippen LogP contribution in [0.2, 0.25) is 0 Å². The molecule has 2 atom stereocenters. The number of ether oxygens (including phenoxy) is 1. The van der Waals surface area contributed by atoms with E-state index in [0.717, 1.165) is 42.3 Å². The molecule has 48 heavy (non-hydrogen) atoms. The Balaban J connectivity index is 1.17. The summed E-state index contributed by atoms with van der Waals surface area (Å²) in [5.74, 6) is 0.695. The van der Waals surface area contributed by atoms with Crippen molar-refractivity contribution in [3.05, 3.63) is 93.8 Å². The maximum absolute atomic E-state index is 14.6. The number of hydrogen-bond acceptors (Lipinski definition) is 6. The standard InChI is InChI=1S/C35H38F3N7O3/c1-20(45-16-24-15-43(18-29(24)41-45)33(47)48-34(2,3)4)23-13-26-27(28(14-23)35(36,37)38)17-44(32(26)46)25-11-7-10-22(12-25)30(21-8-6-9-21)31-40-39-19-42(31)5/h7,10-14,16,19-21,30H,6,8-9,15,17-18H2,1-5H3/t20?,30-/m1/s1. The lowest BCUT2D eigenvalue weighted by Gasteiger charge is -2.33. The minimum atomic E-state index is -4.67. The van der Waals surface area contributed by atoms with Crippen molar-refractivity contribution in [3.63, 3.8) is 0 Å². The molecule has 0 N–H and O–H groups in total. The maximum atomic E-state index is 14.6. The van der Waals surface area contributed by atoms with Crippen LogP contribution in [-0.2, 0) is 37.6 Å². The number of rotatable bonds is 6. The molecule has 2 aliphatic heterocycles. The van der Waals surface area contributed by atoms with Gasteiger partial charge >= 0.3 is 12.3 Å². The van der Waals surface area contributed by atoms with E-state index >= 15 is 0 Å². The van der Waals surface area contributed by atoms with E-state index in [0.29, 0.717) is 29.4 Å². The van der Waals surface area contributed by atoms with E-state index < -0.39 is 35.4 Å². The third-order valence-corrected chi connectivity index (χ3v) is 9.68. The lowest BCUT2D eigenvalue weighted by atomic mass is 9.72. The molecule has 0 spiro atoms. The molecule has 7 rings (SSSR count). The summed E-state index contributed by atoms with van der Waals surface area (Å²) in [6.07, 6.45) is 1.52. The Bertz CT molecular complexity index is 1880. The molecule has 2 amide bonds. The predicted molar refractivity (Wildman–Crippen MR) is 170 cm³/mol. The van der Waals surface area contributed by atoms with E-state index in [1.807, 2.05) is 29.8 Å². The summed E-state index contributed by atoms with van der Waals surface area (Å²) in [6, 6.07) is 9.62. The van der Waals surface area contributed by atoms with Crippen molar-refractivity contribution in [1.29, 1.82) is 0 Å². The molecule has 10 nitrogen and oxygen atoms in total. The van der Waals surface area contributed by atoms with Crippen molar-refractivity contribution < 1.29 is 27.5 Å². The number of halogens is 3. The second kappa shape index (κ2) is 11.5. The van der Waals surface area contributed by atoms with Crippen LogP contribution in [0.25, 0.3) is 0 Å². The molecule has 0 saturated heterocycles. The molecular weight excluding hydrogens is 623 g/mol. The van der Waals surface area contributed by atoms with E-state index in [4.69, 9.17) is 4.74 Å². The number of hydrogen-bond donors (Lipinski definition) is 0. The van der Waals surface area contributed by atoms with Crippen LogP contribution in [0.15, 0.2) is 48.9 Å². The van der Waals surface area contributed by atoms with Crippen LogP contribution in [0.4, 0.5) is 23.7 Å². The van der Waals surface area contributed by atoms with Crippen LogP contribution in [-0.4, -0.2) is 47.0 Å². The van der Waals surface area contributed by atoms with E-state index in [1.165, 1.54) is 4.90 Å². The zero-order chi connectivity index (χ0) is 34.1. The Morgan fingerprint density at radius 3 is 2.44 bits per heavy atom. The molecule has 1 unspecified atom stereocenters. The van der Waals surface area contributed by atoms with E-state index in [2.05, 4.69) is 15.3 Å². The van der Waals surface area contributed by atoms with Gasteiger partial charge in [0.25, 0.3) is 5.91 Å². The Hall–Kier alpha value is -4.68. The number of fused-ring (bicyclic) bond motifs is 2. The topological polar surface area (TPSA) is 98.4 Å². The van der Waals surface area contributed by atoms with Gasteiger partial charge in [0, 0.05) is 36.0 Å². The van der Waals surface area contributed by atoms with E-state index in [1.54, 1.807) is 61.9 Å². The monoisotopic (exact) mass is 661 g/mol. The van der Waals surface area contributed by atoms with Gasteiger partial charge in [-0.3, -0.25) is 14.4 Å². The fourth-order valence-corrected chi connectivity index (χ4v) is 6.98. The van der Waals surface area contributed by atoms with Gasteiger partial charge in [-0.2, -0.15) is 18.3 Å². The summed E-state index contributed by atoms with van der Waals surface area (Å²) in [6.45, 7) is 7.48. The number of benzene rings is 2. The van der Waals surface area contributed by atoms with Gasteiger partial charge in [0.15, 0.2) is 0 Å². The number of carbonyl (C=O) groups is 2. The van der Waals surface area contributed by atoms with Gasteiger partial charge in [-0.05, 0) is 87.4 Å². The van der Waals surface area contributed by atoms with Crippen LogP contribution in [0.3, 0.4) is 0 Å². The number of nitrogens with zero attached hydrogens (tertiary/aromatic N) is 7. The van der Waals surface area contributed by atoms with Crippen molar-refractivity contribution in [3.8, 4) is 0 Å². The highest BCUT2D eigenvalue weighted by Crippen LogP contribution is 2.45. The molecule has 0 bridgehead atoms. The number of amides is 2. The van der Waals surface area contributed by atoms with Crippen molar-refractivity contribution >= 4 is 17.7 Å². The number of aromatic nitrogens is 5. The molecule has 2 aromatic heterocycles. The lowest BCUT2D eigenvalue weighted by Crippen LogP contribution is -2.33. The molecule has 3 aliphatic rings. The first-order valence-electron chi connectivity index (χ1n) is 16.2. The normalized spacial score (nSPS) is 17.7. The Morgan fingerprint density at radius 1 is 1.04 bits per heavy atom. The summed E-state index contributed by atoms with van der Waals surface area (Å²) in [5, 5.41) is 13.1. The predicted octanol–water partition coefficient (Wildman–Crippen LogP) is 6.98. The van der Waals surface area contributed by atoms with Gasteiger partial charge in [-0.25, -0.2) is 4.79 Å². The highest BCUT2D eigenvalue weighted by atomic mass is 19.4. The highest BCUT2D eigenvalue weighted by molar-refractivity contribution is 6.10. The van der Waals surface area contributed by atoms with Gasteiger partial charge in [-0.1, -0.05) is 18.6 Å². The molecule has 4 aromatic rings. The molecule has 2 aromatic carbocycles. The first kappa shape index (κ1) is 31.9. The van der Waals surface area contributed by atoms with E-state index in [-0.39, 0.29) is 30.1 Å². The average Bonchev–Trinajstić information content (AvgIpc) is 3.76. The zero-order valence-corrected chi connectivity index (χ0v) is 27.6. The molecule has 1 saturated carbocycles. The molecule has 13 heteroatoms. The van der Waals surface area contributed by atoms with Gasteiger partial charge in [-0.15, -0.1) is 10.2 Å². The second-order valence-corrected chi connectivity index (χ2v) is 14.1. The molecular formula is C35H38F3N7O3. The first-order chi connectivity index (χ1) is 22.7. The van der Waals surface area contributed by atoms with Crippen LogP contribution >= 0.6 is 0 Å². The summed E-state index contributed by atoms with van der Waals surface area (Å²) >= 11 is 0. The van der Waals surface area contributed by atoms with Crippen molar-refractivity contribution in [2.75, 3.05) is 4.90 Å². The van der Waals surface area contributed by atoms with Crippen molar-refractivity contribution in [1.82, 2.24) is 29.4 Å². The fourth-order valence-electron chi connectivity index (χ4n) is 6.98. The minimum absolute atomic E-state index is 0.0311. The number of carbonyl (C=O) groups excluding carboxylic acids is 2. The van der Waals surface area contributed by atoms with Gasteiger partial charge in [0.05, 0.1) is 36.9 Å². The molecule has 252 valence electrons. The Morgan fingerprint density at radius 2 is 1.81 bits per heavy atom. The smallest absolute Gasteiger partial charge is 0.416 e. The van der Waals surface area contributed by atoms with Gasteiger partial charge < -0.3 is 14.2 Å². The maximum Gasteiger partial charge on any atom is 0.416 e. The van der Waals surface area contributed by atoms with Crippen LogP contribution < -0.4 is 4.90 Å². The van der Waals surface area contributed by atoms with Crippen LogP contribution in [0.5, 0.6) is 0 Å². The molecule has 0 radical (unpaired) electrons. The summed E-state index contributed by atoms with van der Waals surface area (Å²) in [4.78, 5) is 29.5. The Labute approximate surface area is 276 Å². The summed E-state index contributed by atoms with van der Waals surface area (Å²) in [7, 11) is 1.90. The second-order valence-electron chi connectivity index (χ2n) is 14.1. The number of aryl methyl sites for hydroxylation is 1. The third kappa shape index (κ3) is 5.73. The Kier molecular flexibility index (Phi) is 7.63. The van der Waals surface area contributed by atoms with E-state index in [9.17, 15) is 22.8 Å². The molecule has 4 heterocycles. The van der Waals surface area contributed by atoms with Gasteiger partial charge in [0.2, 0.25) is 0 Å². The molecule has 1 aliphatic carbocycles. The number of alkyl halides is 3. The summed E-state index contributed by atoms with van der Waals surface area (Å²) < 4.78 is 52.8. The summed E-state index contributed by atoms with van der Waals surface area (Å²) in [5.41, 5.74) is 1.83. The van der Waals surface area contributed by atoms with Crippen molar-refractivity contribution in [2.24, 2.45) is 13.0 Å². The SMILES string of the molecule is CC(c1cc2c(c(C(F)(F)F)c1)CN(c1cccc([C@H](c3nncn3C)C3CCC3)c1)C2=O)n1cc2c(n1)CN(C(=O)OC(C)(C)C)C2. The van der Waals surface area contributed by atoms with Gasteiger partial charge in [0.1, 0.15) is 17.8 Å².